The minimum absolute atomic E-state index is 0.274. The van der Waals surface area contributed by atoms with Gasteiger partial charge in [0.25, 0.3) is 0 Å². The van der Waals surface area contributed by atoms with Crippen LogP contribution in [0.2, 0.25) is 0 Å². The van der Waals surface area contributed by atoms with E-state index in [4.69, 9.17) is 9.84 Å². The third kappa shape index (κ3) is 3.71. The molecule has 6 nitrogen and oxygen atoms in total. The quantitative estimate of drug-likeness (QED) is 0.856. The highest BCUT2D eigenvalue weighted by atomic mass is 16.5. The maximum absolute atomic E-state index is 10.7. The molecule has 1 fully saturated rings. The zero-order valence-corrected chi connectivity index (χ0v) is 13.2. The SMILES string of the molecule is Cc1cnc([C@@H]2CCCN2Cc2ccccc2OCC(=O)O)[nH]1. The van der Waals surface area contributed by atoms with E-state index in [0.29, 0.717) is 5.75 Å². The van der Waals surface area contributed by atoms with Gasteiger partial charge in [-0.05, 0) is 32.4 Å². The Morgan fingerprint density at radius 3 is 3.04 bits per heavy atom. The Labute approximate surface area is 135 Å². The number of aromatic amines is 1. The minimum Gasteiger partial charge on any atom is -0.482 e. The second-order valence-corrected chi connectivity index (χ2v) is 5.87. The Bertz CT molecular complexity index is 683. The average Bonchev–Trinajstić information content (AvgIpc) is 3.15. The molecule has 2 N–H and O–H groups in total. The number of likely N-dealkylation sites (tertiary alicyclic amines) is 1. The lowest BCUT2D eigenvalue weighted by molar-refractivity contribution is -0.139. The van der Waals surface area contributed by atoms with Crippen molar-refractivity contribution >= 4 is 5.97 Å². The first kappa shape index (κ1) is 15.6. The smallest absolute Gasteiger partial charge is 0.341 e. The van der Waals surface area contributed by atoms with Crippen molar-refractivity contribution in [2.75, 3.05) is 13.2 Å². The van der Waals surface area contributed by atoms with Gasteiger partial charge >= 0.3 is 5.97 Å². The Hall–Kier alpha value is -2.34. The molecule has 0 unspecified atom stereocenters. The molecule has 2 heterocycles. The van der Waals surface area contributed by atoms with Crippen LogP contribution in [-0.4, -0.2) is 39.1 Å². The lowest BCUT2D eigenvalue weighted by Gasteiger charge is -2.24. The van der Waals surface area contributed by atoms with Gasteiger partial charge in [0.1, 0.15) is 11.6 Å². The van der Waals surface area contributed by atoms with Gasteiger partial charge in [-0.15, -0.1) is 0 Å². The maximum atomic E-state index is 10.7. The zero-order valence-electron chi connectivity index (χ0n) is 13.2. The highest BCUT2D eigenvalue weighted by molar-refractivity contribution is 5.68. The number of para-hydroxylation sites is 1. The molecule has 0 radical (unpaired) electrons. The van der Waals surface area contributed by atoms with Gasteiger partial charge in [-0.3, -0.25) is 4.90 Å². The van der Waals surface area contributed by atoms with Crippen molar-refractivity contribution in [3.05, 3.63) is 47.5 Å². The van der Waals surface area contributed by atoms with Crippen LogP contribution >= 0.6 is 0 Å². The number of benzene rings is 1. The standard InChI is InChI=1S/C17H21N3O3/c1-12-9-18-17(19-12)14-6-4-8-20(14)10-13-5-2-3-7-15(13)23-11-16(21)22/h2-3,5,7,9,14H,4,6,8,10-11H2,1H3,(H,18,19)(H,21,22)/t14-/m0/s1. The summed E-state index contributed by atoms with van der Waals surface area (Å²) in [4.78, 5) is 20.9. The zero-order chi connectivity index (χ0) is 16.2. The van der Waals surface area contributed by atoms with Gasteiger partial charge in [-0.25, -0.2) is 9.78 Å². The van der Waals surface area contributed by atoms with Gasteiger partial charge in [0.15, 0.2) is 6.61 Å². The van der Waals surface area contributed by atoms with Crippen LogP contribution in [0.15, 0.2) is 30.5 Å². The first-order chi connectivity index (χ1) is 11.1. The molecule has 3 rings (SSSR count). The number of imidazole rings is 1. The molecule has 2 aromatic rings. The number of nitrogens with one attached hydrogen (secondary N) is 1. The summed E-state index contributed by atoms with van der Waals surface area (Å²) < 4.78 is 5.40. The van der Waals surface area contributed by atoms with E-state index in [-0.39, 0.29) is 12.6 Å². The number of H-pyrrole nitrogens is 1. The first-order valence-electron chi connectivity index (χ1n) is 7.81. The Kier molecular flexibility index (Phi) is 4.62. The molecule has 23 heavy (non-hydrogen) atoms. The molecule has 1 saturated heterocycles. The number of carboxylic acids is 1. The van der Waals surface area contributed by atoms with Crippen molar-refractivity contribution in [1.29, 1.82) is 0 Å². The number of aliphatic carboxylic acids is 1. The van der Waals surface area contributed by atoms with Crippen LogP contribution in [0.5, 0.6) is 5.75 Å². The van der Waals surface area contributed by atoms with E-state index in [1.165, 1.54) is 0 Å². The topological polar surface area (TPSA) is 78.5 Å². The molecule has 1 atom stereocenters. The van der Waals surface area contributed by atoms with E-state index in [9.17, 15) is 4.79 Å². The summed E-state index contributed by atoms with van der Waals surface area (Å²) in [5.41, 5.74) is 2.07. The second-order valence-electron chi connectivity index (χ2n) is 5.87. The molecule has 0 spiro atoms. The fourth-order valence-electron chi connectivity index (χ4n) is 3.06. The molecular formula is C17H21N3O3. The van der Waals surface area contributed by atoms with Crippen molar-refractivity contribution in [3.8, 4) is 5.75 Å². The van der Waals surface area contributed by atoms with Crippen LogP contribution in [0.1, 0.15) is 36.0 Å². The van der Waals surface area contributed by atoms with Crippen LogP contribution in [0.25, 0.3) is 0 Å². The van der Waals surface area contributed by atoms with Gasteiger partial charge in [0.2, 0.25) is 0 Å². The number of nitrogens with zero attached hydrogens (tertiary/aromatic N) is 2. The molecule has 0 saturated carbocycles. The van der Waals surface area contributed by atoms with Crippen LogP contribution in [0.4, 0.5) is 0 Å². The third-order valence-corrected chi connectivity index (χ3v) is 4.10. The fourth-order valence-corrected chi connectivity index (χ4v) is 3.06. The van der Waals surface area contributed by atoms with Crippen LogP contribution in [0, 0.1) is 6.92 Å². The molecule has 122 valence electrons. The number of hydrogen-bond acceptors (Lipinski definition) is 4. The number of ether oxygens (including phenoxy) is 1. The summed E-state index contributed by atoms with van der Waals surface area (Å²) >= 11 is 0. The van der Waals surface area contributed by atoms with Gasteiger partial charge in [0, 0.05) is 24.0 Å². The highest BCUT2D eigenvalue weighted by Gasteiger charge is 2.28. The predicted molar refractivity (Wildman–Crippen MR) is 85.3 cm³/mol. The summed E-state index contributed by atoms with van der Waals surface area (Å²) in [7, 11) is 0. The summed E-state index contributed by atoms with van der Waals surface area (Å²) in [5, 5.41) is 8.80. The van der Waals surface area contributed by atoms with Crippen LogP contribution in [-0.2, 0) is 11.3 Å². The van der Waals surface area contributed by atoms with Gasteiger partial charge < -0.3 is 14.8 Å². The van der Waals surface area contributed by atoms with E-state index in [1.807, 2.05) is 37.4 Å². The molecular weight excluding hydrogens is 294 g/mol. The lowest BCUT2D eigenvalue weighted by Crippen LogP contribution is -2.24. The monoisotopic (exact) mass is 315 g/mol. The van der Waals surface area contributed by atoms with Crippen LogP contribution in [0.3, 0.4) is 0 Å². The fraction of sp³-hybridized carbons (Fsp3) is 0.412. The largest absolute Gasteiger partial charge is 0.482 e. The van der Waals surface area contributed by atoms with Gasteiger partial charge in [-0.2, -0.15) is 0 Å². The van der Waals surface area contributed by atoms with E-state index in [1.54, 1.807) is 0 Å². The molecule has 1 aromatic heterocycles. The second kappa shape index (κ2) is 6.83. The lowest BCUT2D eigenvalue weighted by atomic mass is 10.1. The number of rotatable bonds is 6. The van der Waals surface area contributed by atoms with Gasteiger partial charge in [-0.1, -0.05) is 18.2 Å². The molecule has 1 aromatic carbocycles. The molecule has 1 aliphatic heterocycles. The summed E-state index contributed by atoms with van der Waals surface area (Å²) in [6.45, 7) is 3.40. The van der Waals surface area contributed by atoms with Crippen LogP contribution < -0.4 is 4.74 Å². The van der Waals surface area contributed by atoms with Crippen molar-refractivity contribution in [2.24, 2.45) is 0 Å². The van der Waals surface area contributed by atoms with Crippen molar-refractivity contribution in [3.63, 3.8) is 0 Å². The normalized spacial score (nSPS) is 18.2. The maximum Gasteiger partial charge on any atom is 0.341 e. The minimum atomic E-state index is -0.968. The summed E-state index contributed by atoms with van der Waals surface area (Å²) in [5.74, 6) is 0.671. The molecule has 0 aliphatic carbocycles. The highest BCUT2D eigenvalue weighted by Crippen LogP contribution is 2.33. The van der Waals surface area contributed by atoms with E-state index in [2.05, 4.69) is 14.9 Å². The first-order valence-corrected chi connectivity index (χ1v) is 7.81. The van der Waals surface area contributed by atoms with Crippen molar-refractivity contribution < 1.29 is 14.6 Å². The number of aryl methyl sites for hydroxylation is 1. The number of carboxylic acid groups (broad SMARTS) is 1. The number of hydrogen-bond donors (Lipinski definition) is 2. The predicted octanol–water partition coefficient (Wildman–Crippen LogP) is 2.52. The van der Waals surface area contributed by atoms with E-state index in [0.717, 1.165) is 43.0 Å². The van der Waals surface area contributed by atoms with Crippen molar-refractivity contribution in [2.45, 2.75) is 32.4 Å². The van der Waals surface area contributed by atoms with Gasteiger partial charge in [0.05, 0.1) is 6.04 Å². The summed E-state index contributed by atoms with van der Waals surface area (Å²) in [6, 6.07) is 7.89. The number of carbonyl (C=O) groups is 1. The van der Waals surface area contributed by atoms with Crippen molar-refractivity contribution in [1.82, 2.24) is 14.9 Å². The Balaban J connectivity index is 1.74. The van der Waals surface area contributed by atoms with E-state index < -0.39 is 5.97 Å². The summed E-state index contributed by atoms with van der Waals surface area (Å²) in [6.07, 6.45) is 4.06. The average molecular weight is 315 g/mol. The molecule has 0 amide bonds. The molecule has 1 aliphatic rings. The number of aromatic nitrogens is 2. The Morgan fingerprint density at radius 1 is 1.48 bits per heavy atom. The Morgan fingerprint density at radius 2 is 2.30 bits per heavy atom. The molecule has 0 bridgehead atoms. The third-order valence-electron chi connectivity index (χ3n) is 4.10. The van der Waals surface area contributed by atoms with E-state index >= 15 is 0 Å². The molecule has 6 heteroatoms.